The lowest BCUT2D eigenvalue weighted by Crippen LogP contribution is -2.16. The summed E-state index contributed by atoms with van der Waals surface area (Å²) < 4.78 is 53.8. The first kappa shape index (κ1) is 40.4. The summed E-state index contributed by atoms with van der Waals surface area (Å²) in [4.78, 5) is 9.29. The molecule has 0 aliphatic heterocycles. The van der Waals surface area contributed by atoms with Gasteiger partial charge in [0.1, 0.15) is 5.56 Å². The molecule has 4 aromatic heterocycles. The normalized spacial score (nSPS) is 11.7. The van der Waals surface area contributed by atoms with Gasteiger partial charge >= 0.3 is 6.18 Å². The number of halogens is 3. The molecule has 0 N–H and O–H groups in total. The fraction of sp³-hybridized carbons (Fsp3) is 0.0167. The Balaban J connectivity index is 1.17. The maximum Gasteiger partial charge on any atom is 0.420 e. The van der Waals surface area contributed by atoms with E-state index < -0.39 is 11.7 Å². The van der Waals surface area contributed by atoms with Crippen molar-refractivity contribution in [3.8, 4) is 73.3 Å². The minimum absolute atomic E-state index is 0.0425. The van der Waals surface area contributed by atoms with Gasteiger partial charge in [-0.2, -0.15) is 18.4 Å². The number of pyridine rings is 2. The predicted molar refractivity (Wildman–Crippen MR) is 268 cm³/mol. The molecule has 0 aliphatic carbocycles. The van der Waals surface area contributed by atoms with E-state index in [0.717, 1.165) is 66.3 Å². The van der Waals surface area contributed by atoms with Crippen LogP contribution < -0.4 is 0 Å². The van der Waals surface area contributed by atoms with Crippen molar-refractivity contribution in [2.75, 3.05) is 0 Å². The summed E-state index contributed by atoms with van der Waals surface area (Å²) in [5, 5.41) is 13.3. The van der Waals surface area contributed by atoms with Crippen molar-refractivity contribution in [3.05, 3.63) is 230 Å². The van der Waals surface area contributed by atoms with Crippen molar-refractivity contribution in [2.24, 2.45) is 0 Å². The zero-order valence-electron chi connectivity index (χ0n) is 36.2. The van der Waals surface area contributed by atoms with Crippen LogP contribution in [0.3, 0.4) is 0 Å². The topological polar surface area (TPSA) is 59.4 Å². The number of nitrogens with zero attached hydrogens (tertiary/aromatic N) is 5. The fourth-order valence-electron chi connectivity index (χ4n) is 9.76. The van der Waals surface area contributed by atoms with Gasteiger partial charge < -0.3 is 9.13 Å². The van der Waals surface area contributed by atoms with Crippen molar-refractivity contribution >= 4 is 43.6 Å². The molecule has 0 bridgehead atoms. The van der Waals surface area contributed by atoms with Gasteiger partial charge in [0.25, 0.3) is 0 Å². The molecule has 4 heterocycles. The molecule has 0 saturated carbocycles. The van der Waals surface area contributed by atoms with E-state index in [1.807, 2.05) is 176 Å². The van der Waals surface area contributed by atoms with E-state index >= 15 is 13.2 Å². The number of alkyl halides is 3. The highest BCUT2D eigenvalue weighted by Gasteiger charge is 2.39. The lowest BCUT2D eigenvalue weighted by Gasteiger charge is -2.23. The first-order valence-electron chi connectivity index (χ1n) is 22.2. The van der Waals surface area contributed by atoms with Crippen LogP contribution in [0.15, 0.2) is 219 Å². The van der Waals surface area contributed by atoms with Gasteiger partial charge in [0.05, 0.1) is 56.5 Å². The number of hydrogen-bond donors (Lipinski definition) is 0. The highest BCUT2D eigenvalue weighted by molar-refractivity contribution is 6.12. The van der Waals surface area contributed by atoms with Crippen molar-refractivity contribution in [3.63, 3.8) is 0 Å². The van der Waals surface area contributed by atoms with E-state index in [0.29, 0.717) is 38.8 Å². The Morgan fingerprint density at radius 3 is 1.28 bits per heavy atom. The lowest BCUT2D eigenvalue weighted by molar-refractivity contribution is -0.137. The second kappa shape index (κ2) is 16.1. The molecule has 5 nitrogen and oxygen atoms in total. The Labute approximate surface area is 388 Å². The Morgan fingerprint density at radius 1 is 0.368 bits per heavy atom. The SMILES string of the molecule is N#Cc1cccc(-c2cc(-n3c4ccccc4c4ccc(-c5ccnc(-c6ccccc6)c5)cc43)c(C(F)(F)F)c(-n3c4ccccc4c4ccc(-c5ccnc(-c6ccccc6)c5)cc43)c2)c1. The molecule has 8 aromatic carbocycles. The molecule has 12 rings (SSSR count). The minimum atomic E-state index is -4.85. The van der Waals surface area contributed by atoms with Crippen molar-refractivity contribution in [1.82, 2.24) is 19.1 Å². The molecule has 0 unspecified atom stereocenters. The average Bonchev–Trinajstić information content (AvgIpc) is 3.90. The van der Waals surface area contributed by atoms with Crippen molar-refractivity contribution < 1.29 is 13.2 Å². The number of aromatic nitrogens is 4. The monoisotopic (exact) mass is 883 g/mol. The molecule has 0 fully saturated rings. The molecular formula is C60H36F3N5. The summed E-state index contributed by atoms with van der Waals surface area (Å²) in [5.41, 5.74) is 10.00. The maximum absolute atomic E-state index is 16.8. The van der Waals surface area contributed by atoms with Crippen molar-refractivity contribution in [2.45, 2.75) is 6.18 Å². The lowest BCUT2D eigenvalue weighted by atomic mass is 9.97. The molecule has 0 spiro atoms. The minimum Gasteiger partial charge on any atom is -0.309 e. The molecule has 8 heteroatoms. The summed E-state index contributed by atoms with van der Waals surface area (Å²) in [6.07, 6.45) is -1.33. The van der Waals surface area contributed by atoms with E-state index in [-0.39, 0.29) is 11.4 Å². The fourth-order valence-corrected chi connectivity index (χ4v) is 9.76. The van der Waals surface area contributed by atoms with Gasteiger partial charge in [-0.1, -0.05) is 133 Å². The van der Waals surface area contributed by atoms with E-state index in [1.54, 1.807) is 51.9 Å². The zero-order chi connectivity index (χ0) is 45.9. The van der Waals surface area contributed by atoms with Crippen LogP contribution in [0.2, 0.25) is 0 Å². The van der Waals surface area contributed by atoms with Gasteiger partial charge in [-0.25, -0.2) is 0 Å². The number of fused-ring (bicyclic) bond motifs is 6. The van der Waals surface area contributed by atoms with Crippen LogP contribution in [0.1, 0.15) is 11.1 Å². The predicted octanol–water partition coefficient (Wildman–Crippen LogP) is 15.9. The van der Waals surface area contributed by atoms with Crippen LogP contribution in [-0.4, -0.2) is 19.1 Å². The molecule has 0 atom stereocenters. The van der Waals surface area contributed by atoms with Gasteiger partial charge in [-0.15, -0.1) is 0 Å². The molecule has 68 heavy (non-hydrogen) atoms. The van der Waals surface area contributed by atoms with Crippen LogP contribution >= 0.6 is 0 Å². The third-order valence-electron chi connectivity index (χ3n) is 12.9. The largest absolute Gasteiger partial charge is 0.420 e. The molecule has 0 saturated heterocycles. The highest BCUT2D eigenvalue weighted by Crippen LogP contribution is 2.47. The summed E-state index contributed by atoms with van der Waals surface area (Å²) in [6.45, 7) is 0. The Morgan fingerprint density at radius 2 is 0.794 bits per heavy atom. The smallest absolute Gasteiger partial charge is 0.309 e. The summed E-state index contributed by atoms with van der Waals surface area (Å²) >= 11 is 0. The summed E-state index contributed by atoms with van der Waals surface area (Å²) in [7, 11) is 0. The molecule has 12 aromatic rings. The number of para-hydroxylation sites is 2. The number of hydrogen-bond acceptors (Lipinski definition) is 3. The van der Waals surface area contributed by atoms with Gasteiger partial charge in [0.2, 0.25) is 0 Å². The Hall–Kier alpha value is -9.06. The average molecular weight is 884 g/mol. The number of rotatable bonds is 7. The standard InChI is InChI=1S/C60H36F3N5/c61-60(62,63)59-57(67-53-20-9-7-18-47(53)49-24-22-42(33-55(49)67)44-26-28-65-51(31-44)39-13-3-1-4-14-39)35-46(41-17-11-12-38(30-41)37-64)36-58(59)68-54-21-10-8-19-48(54)50-25-23-43(34-56(50)68)45-27-29-66-52(32-45)40-15-5-2-6-16-40/h1-36H. The highest BCUT2D eigenvalue weighted by atomic mass is 19.4. The van der Waals surface area contributed by atoms with E-state index in [1.165, 1.54) is 0 Å². The molecule has 322 valence electrons. The van der Waals surface area contributed by atoms with E-state index in [2.05, 4.69) is 16.0 Å². The van der Waals surface area contributed by atoms with Crippen LogP contribution in [0, 0.1) is 11.3 Å². The Bertz CT molecular complexity index is 3750. The Kier molecular flexibility index (Phi) is 9.59. The van der Waals surface area contributed by atoms with Gasteiger partial charge in [0.15, 0.2) is 0 Å². The number of nitriles is 1. The van der Waals surface area contributed by atoms with Crippen molar-refractivity contribution in [1.29, 1.82) is 5.26 Å². The maximum atomic E-state index is 16.8. The first-order chi connectivity index (χ1) is 33.3. The second-order valence-electron chi connectivity index (χ2n) is 16.8. The van der Waals surface area contributed by atoms with Crippen LogP contribution in [0.4, 0.5) is 13.2 Å². The molecule has 0 amide bonds. The van der Waals surface area contributed by atoms with Crippen LogP contribution in [-0.2, 0) is 6.18 Å². The molecule has 0 radical (unpaired) electrons. The summed E-state index contributed by atoms with van der Waals surface area (Å²) in [6, 6.07) is 67.4. The first-order valence-corrected chi connectivity index (χ1v) is 22.2. The molecule has 0 aliphatic rings. The van der Waals surface area contributed by atoms with Crippen LogP contribution in [0.5, 0.6) is 0 Å². The van der Waals surface area contributed by atoms with Crippen LogP contribution in [0.25, 0.3) is 111 Å². The van der Waals surface area contributed by atoms with Gasteiger partial charge in [-0.05, 0) is 106 Å². The third kappa shape index (κ3) is 6.88. The quantitative estimate of drug-likeness (QED) is 0.160. The van der Waals surface area contributed by atoms with E-state index in [4.69, 9.17) is 0 Å². The number of benzene rings is 8. The third-order valence-corrected chi connectivity index (χ3v) is 12.9. The second-order valence-corrected chi connectivity index (χ2v) is 16.8. The van der Waals surface area contributed by atoms with Gasteiger partial charge in [-0.3, -0.25) is 9.97 Å². The van der Waals surface area contributed by atoms with Gasteiger partial charge in [0, 0.05) is 45.1 Å². The zero-order valence-corrected chi connectivity index (χ0v) is 36.2. The molecular weight excluding hydrogens is 848 g/mol. The summed E-state index contributed by atoms with van der Waals surface area (Å²) in [5.74, 6) is 0. The van der Waals surface area contributed by atoms with E-state index in [9.17, 15) is 5.26 Å².